The van der Waals surface area contributed by atoms with Crippen LogP contribution in [0.15, 0.2) is 39.9 Å². The molecule has 21 heavy (non-hydrogen) atoms. The van der Waals surface area contributed by atoms with E-state index >= 15 is 0 Å². The van der Waals surface area contributed by atoms with Crippen LogP contribution < -0.4 is 5.32 Å². The van der Waals surface area contributed by atoms with Gasteiger partial charge in [-0.3, -0.25) is 4.79 Å². The lowest BCUT2D eigenvalue weighted by atomic mass is 10.2. The van der Waals surface area contributed by atoms with Crippen molar-refractivity contribution in [1.29, 1.82) is 0 Å². The minimum Gasteiger partial charge on any atom is -0.453 e. The molecule has 0 saturated heterocycles. The van der Waals surface area contributed by atoms with Crippen molar-refractivity contribution in [2.45, 2.75) is 12.1 Å². The predicted molar refractivity (Wildman–Crippen MR) is 85.3 cm³/mol. The number of ketones is 1. The van der Waals surface area contributed by atoms with Gasteiger partial charge in [0.2, 0.25) is 16.1 Å². The number of rotatable bonds is 6. The van der Waals surface area contributed by atoms with Gasteiger partial charge in [0.05, 0.1) is 6.54 Å². The summed E-state index contributed by atoms with van der Waals surface area (Å²) < 4.78 is 9.72. The number of carbonyl (C=O) groups is 1. The SMILES string of the molecule is CCSc1nsc(NCC(=O)c2cc3ccccc3o2)n1. The summed E-state index contributed by atoms with van der Waals surface area (Å²) in [6.07, 6.45) is 0. The molecule has 0 spiro atoms. The number of hydrogen-bond acceptors (Lipinski definition) is 7. The number of Topliss-reactive ketones (excluding diaryl/α,β-unsaturated/α-hetero) is 1. The molecule has 0 amide bonds. The number of nitrogens with one attached hydrogen (secondary N) is 1. The molecule has 7 heteroatoms. The van der Waals surface area contributed by atoms with Gasteiger partial charge in [-0.05, 0) is 17.9 Å². The second-order valence-electron chi connectivity index (χ2n) is 4.24. The molecular weight excluding hydrogens is 306 g/mol. The Kier molecular flexibility index (Phi) is 4.21. The van der Waals surface area contributed by atoms with Gasteiger partial charge in [-0.25, -0.2) is 0 Å². The topological polar surface area (TPSA) is 68.0 Å². The number of thioether (sulfide) groups is 1. The molecule has 2 heterocycles. The molecule has 0 atom stereocenters. The summed E-state index contributed by atoms with van der Waals surface area (Å²) in [5, 5.41) is 5.30. The lowest BCUT2D eigenvalue weighted by molar-refractivity contribution is 0.0982. The highest BCUT2D eigenvalue weighted by Gasteiger charge is 2.13. The summed E-state index contributed by atoms with van der Waals surface area (Å²) >= 11 is 2.83. The zero-order chi connectivity index (χ0) is 14.7. The van der Waals surface area contributed by atoms with Gasteiger partial charge in [-0.2, -0.15) is 9.36 Å². The fourth-order valence-corrected chi connectivity index (χ4v) is 3.10. The number of fused-ring (bicyclic) bond motifs is 1. The van der Waals surface area contributed by atoms with Crippen LogP contribution in [0.5, 0.6) is 0 Å². The molecule has 5 nitrogen and oxygen atoms in total. The third-order valence-corrected chi connectivity index (χ3v) is 4.30. The molecule has 0 radical (unpaired) electrons. The van der Waals surface area contributed by atoms with Gasteiger partial charge in [0.15, 0.2) is 5.76 Å². The van der Waals surface area contributed by atoms with Gasteiger partial charge < -0.3 is 9.73 Å². The van der Waals surface area contributed by atoms with E-state index in [0.717, 1.165) is 21.9 Å². The van der Waals surface area contributed by atoms with Gasteiger partial charge in [0, 0.05) is 16.9 Å². The highest BCUT2D eigenvalue weighted by atomic mass is 32.2. The maximum Gasteiger partial charge on any atom is 0.217 e. The minimum atomic E-state index is -0.105. The first-order valence-electron chi connectivity index (χ1n) is 6.48. The average Bonchev–Trinajstić information content (AvgIpc) is 3.11. The van der Waals surface area contributed by atoms with E-state index in [1.54, 1.807) is 17.8 Å². The first-order chi connectivity index (χ1) is 10.3. The third kappa shape index (κ3) is 3.25. The molecule has 0 aliphatic heterocycles. The smallest absolute Gasteiger partial charge is 0.217 e. The number of aromatic nitrogens is 2. The van der Waals surface area contributed by atoms with Crippen LogP contribution in [0, 0.1) is 0 Å². The highest BCUT2D eigenvalue weighted by Crippen LogP contribution is 2.21. The van der Waals surface area contributed by atoms with Crippen molar-refractivity contribution >= 4 is 45.2 Å². The van der Waals surface area contributed by atoms with E-state index in [4.69, 9.17) is 4.42 Å². The van der Waals surface area contributed by atoms with Crippen LogP contribution in [-0.4, -0.2) is 27.4 Å². The van der Waals surface area contributed by atoms with Crippen molar-refractivity contribution in [3.8, 4) is 0 Å². The number of furan rings is 1. The maximum atomic E-state index is 12.1. The largest absolute Gasteiger partial charge is 0.453 e. The monoisotopic (exact) mass is 319 g/mol. The number of hydrogen-bond donors (Lipinski definition) is 1. The number of nitrogens with zero attached hydrogens (tertiary/aromatic N) is 2. The fraction of sp³-hybridized carbons (Fsp3) is 0.214. The number of para-hydroxylation sites is 1. The van der Waals surface area contributed by atoms with E-state index in [0.29, 0.717) is 10.9 Å². The maximum absolute atomic E-state index is 12.1. The van der Waals surface area contributed by atoms with Crippen LogP contribution in [0.25, 0.3) is 11.0 Å². The second kappa shape index (κ2) is 6.28. The van der Waals surface area contributed by atoms with Crippen LogP contribution in [0.3, 0.4) is 0 Å². The van der Waals surface area contributed by atoms with Crippen LogP contribution in [-0.2, 0) is 0 Å². The molecule has 3 rings (SSSR count). The lowest BCUT2D eigenvalue weighted by Crippen LogP contribution is -2.13. The van der Waals surface area contributed by atoms with Crippen molar-refractivity contribution < 1.29 is 9.21 Å². The van der Waals surface area contributed by atoms with Crippen molar-refractivity contribution in [3.63, 3.8) is 0 Å². The summed E-state index contributed by atoms with van der Waals surface area (Å²) in [5.41, 5.74) is 0.721. The average molecular weight is 319 g/mol. The van der Waals surface area contributed by atoms with Gasteiger partial charge in [-0.1, -0.05) is 36.9 Å². The quantitative estimate of drug-likeness (QED) is 0.552. The van der Waals surface area contributed by atoms with Crippen molar-refractivity contribution in [2.75, 3.05) is 17.6 Å². The molecule has 0 aliphatic rings. The van der Waals surface area contributed by atoms with E-state index in [1.165, 1.54) is 11.5 Å². The van der Waals surface area contributed by atoms with Crippen LogP contribution in [0.1, 0.15) is 17.5 Å². The summed E-state index contributed by atoms with van der Waals surface area (Å²) in [6, 6.07) is 9.32. The van der Waals surface area contributed by atoms with E-state index in [2.05, 4.69) is 14.7 Å². The summed E-state index contributed by atoms with van der Waals surface area (Å²) in [4.78, 5) is 16.4. The van der Waals surface area contributed by atoms with E-state index < -0.39 is 0 Å². The number of benzene rings is 1. The van der Waals surface area contributed by atoms with Crippen molar-refractivity contribution in [3.05, 3.63) is 36.1 Å². The van der Waals surface area contributed by atoms with Crippen molar-refractivity contribution in [1.82, 2.24) is 9.36 Å². The van der Waals surface area contributed by atoms with Gasteiger partial charge in [-0.15, -0.1) is 0 Å². The Morgan fingerprint density at radius 2 is 2.29 bits per heavy atom. The molecule has 0 aliphatic carbocycles. The van der Waals surface area contributed by atoms with Crippen LogP contribution >= 0.6 is 23.3 Å². The second-order valence-corrected chi connectivity index (χ2v) is 6.22. The number of carbonyl (C=O) groups excluding carboxylic acids is 1. The zero-order valence-electron chi connectivity index (χ0n) is 11.3. The first-order valence-corrected chi connectivity index (χ1v) is 8.24. The van der Waals surface area contributed by atoms with Gasteiger partial charge >= 0.3 is 0 Å². The molecule has 0 unspecified atom stereocenters. The summed E-state index contributed by atoms with van der Waals surface area (Å²) in [5.74, 6) is 1.18. The molecule has 0 saturated carbocycles. The molecular formula is C14H13N3O2S2. The van der Waals surface area contributed by atoms with Gasteiger partial charge in [0.1, 0.15) is 5.58 Å². The fourth-order valence-electron chi connectivity index (χ4n) is 1.83. The molecule has 1 N–H and O–H groups in total. The predicted octanol–water partition coefficient (Wildman–Crippen LogP) is 3.69. The molecule has 0 fully saturated rings. The molecule has 2 aromatic heterocycles. The Hall–Kier alpha value is -1.86. The zero-order valence-corrected chi connectivity index (χ0v) is 13.0. The molecule has 108 valence electrons. The normalized spacial score (nSPS) is 10.9. The highest BCUT2D eigenvalue weighted by molar-refractivity contribution is 7.99. The standard InChI is InChI=1S/C14H13N3O2S2/c1-2-20-14-16-13(21-17-14)15-8-10(18)12-7-9-5-3-4-6-11(9)19-12/h3-7H,2,8H2,1H3,(H,15,16,17). The van der Waals surface area contributed by atoms with Crippen molar-refractivity contribution in [2.24, 2.45) is 0 Å². The summed E-state index contributed by atoms with van der Waals surface area (Å²) in [7, 11) is 0. The molecule has 1 aromatic carbocycles. The Labute approximate surface area is 129 Å². The molecule has 3 aromatic rings. The van der Waals surface area contributed by atoms with E-state index in [-0.39, 0.29) is 12.3 Å². The van der Waals surface area contributed by atoms with E-state index in [1.807, 2.05) is 31.2 Å². The van der Waals surface area contributed by atoms with Gasteiger partial charge in [0.25, 0.3) is 0 Å². The Balaban J connectivity index is 1.65. The molecule has 0 bridgehead atoms. The minimum absolute atomic E-state index is 0.105. The Morgan fingerprint density at radius 3 is 3.10 bits per heavy atom. The number of anilines is 1. The third-order valence-electron chi connectivity index (χ3n) is 2.78. The Bertz CT molecular complexity index is 733. The van der Waals surface area contributed by atoms with Crippen LogP contribution in [0.2, 0.25) is 0 Å². The summed E-state index contributed by atoms with van der Waals surface area (Å²) in [6.45, 7) is 2.19. The Morgan fingerprint density at radius 1 is 1.43 bits per heavy atom. The lowest BCUT2D eigenvalue weighted by Gasteiger charge is -1.98. The first kappa shape index (κ1) is 14.1. The van der Waals surface area contributed by atoms with Crippen LogP contribution in [0.4, 0.5) is 5.13 Å². The van der Waals surface area contributed by atoms with E-state index in [9.17, 15) is 4.79 Å².